The van der Waals surface area contributed by atoms with Gasteiger partial charge >= 0.3 is 0 Å². The Kier molecular flexibility index (Phi) is 3.74. The molecule has 0 radical (unpaired) electrons. The van der Waals surface area contributed by atoms with Crippen molar-refractivity contribution < 1.29 is 4.92 Å². The molecule has 0 saturated carbocycles. The van der Waals surface area contributed by atoms with Gasteiger partial charge in [0.05, 0.1) is 4.92 Å². The van der Waals surface area contributed by atoms with Crippen LogP contribution in [0.15, 0.2) is 18.3 Å². The summed E-state index contributed by atoms with van der Waals surface area (Å²) in [5.74, 6) is 0.121. The summed E-state index contributed by atoms with van der Waals surface area (Å²) < 4.78 is 0. The second-order valence-corrected chi connectivity index (χ2v) is 3.56. The van der Waals surface area contributed by atoms with E-state index >= 15 is 0 Å². The number of nitrogens with two attached hydrogens (primary N) is 1. The first-order valence-corrected chi connectivity index (χ1v) is 4.92. The van der Waals surface area contributed by atoms with Crippen LogP contribution in [0.5, 0.6) is 0 Å². The zero-order valence-electron chi connectivity index (χ0n) is 8.88. The van der Waals surface area contributed by atoms with Crippen molar-refractivity contribution in [2.24, 2.45) is 5.73 Å². The van der Waals surface area contributed by atoms with E-state index in [1.165, 1.54) is 12.3 Å². The number of pyridine rings is 1. The Morgan fingerprint density at radius 2 is 2.27 bits per heavy atom. The quantitative estimate of drug-likeness (QED) is 0.605. The van der Waals surface area contributed by atoms with Crippen LogP contribution in [0, 0.1) is 10.1 Å². The lowest BCUT2D eigenvalue weighted by Crippen LogP contribution is -2.26. The standard InChI is InChI=1S/C10H15N3O2/c1-3-9(11)7(2)10-5-4-8(6-12-10)13(14)15/h4-7,9H,3,11H2,1-2H3. The van der Waals surface area contributed by atoms with Crippen molar-refractivity contribution in [2.75, 3.05) is 0 Å². The Bertz CT molecular complexity index is 337. The number of hydrogen-bond donors (Lipinski definition) is 1. The Labute approximate surface area is 88.5 Å². The molecule has 5 heteroatoms. The molecule has 2 unspecified atom stereocenters. The van der Waals surface area contributed by atoms with Crippen LogP contribution in [0.25, 0.3) is 0 Å². The maximum absolute atomic E-state index is 10.4. The van der Waals surface area contributed by atoms with Crippen molar-refractivity contribution in [1.82, 2.24) is 4.98 Å². The molecule has 5 nitrogen and oxygen atoms in total. The highest BCUT2D eigenvalue weighted by Gasteiger charge is 2.15. The second kappa shape index (κ2) is 4.84. The summed E-state index contributed by atoms with van der Waals surface area (Å²) in [6, 6.07) is 3.17. The van der Waals surface area contributed by atoms with E-state index in [1.54, 1.807) is 6.07 Å². The first kappa shape index (κ1) is 11.6. The van der Waals surface area contributed by atoms with Crippen molar-refractivity contribution >= 4 is 5.69 Å². The van der Waals surface area contributed by atoms with Crippen molar-refractivity contribution in [3.8, 4) is 0 Å². The fourth-order valence-corrected chi connectivity index (χ4v) is 1.35. The molecule has 2 atom stereocenters. The van der Waals surface area contributed by atoms with Gasteiger partial charge in [0, 0.05) is 23.7 Å². The molecule has 0 saturated heterocycles. The largest absolute Gasteiger partial charge is 0.327 e. The van der Waals surface area contributed by atoms with Gasteiger partial charge in [-0.1, -0.05) is 13.8 Å². The minimum atomic E-state index is -0.457. The van der Waals surface area contributed by atoms with Gasteiger partial charge in [0.25, 0.3) is 5.69 Å². The molecule has 1 rings (SSSR count). The predicted molar refractivity (Wildman–Crippen MR) is 57.6 cm³/mol. The molecule has 0 aliphatic heterocycles. The van der Waals surface area contributed by atoms with Crippen LogP contribution in [-0.2, 0) is 0 Å². The topological polar surface area (TPSA) is 82.0 Å². The van der Waals surface area contributed by atoms with Gasteiger partial charge in [-0.25, -0.2) is 0 Å². The van der Waals surface area contributed by atoms with Crippen molar-refractivity contribution in [3.63, 3.8) is 0 Å². The molecule has 0 aliphatic carbocycles. The Hall–Kier alpha value is -1.49. The Morgan fingerprint density at radius 1 is 1.60 bits per heavy atom. The highest BCUT2D eigenvalue weighted by molar-refractivity contribution is 5.28. The molecule has 15 heavy (non-hydrogen) atoms. The van der Waals surface area contributed by atoms with Gasteiger partial charge in [-0.05, 0) is 12.5 Å². The molecule has 0 aliphatic rings. The molecule has 0 aromatic carbocycles. The Balaban J connectivity index is 2.84. The van der Waals surface area contributed by atoms with Crippen LogP contribution in [0.2, 0.25) is 0 Å². The van der Waals surface area contributed by atoms with Gasteiger partial charge < -0.3 is 5.73 Å². The molecule has 82 valence electrons. The summed E-state index contributed by atoms with van der Waals surface area (Å²) in [5.41, 5.74) is 6.68. The molecule has 0 spiro atoms. The van der Waals surface area contributed by atoms with Crippen LogP contribution in [0.4, 0.5) is 5.69 Å². The fourth-order valence-electron chi connectivity index (χ4n) is 1.35. The van der Waals surface area contributed by atoms with Crippen LogP contribution in [0.3, 0.4) is 0 Å². The van der Waals surface area contributed by atoms with E-state index in [0.29, 0.717) is 0 Å². The molecule has 2 N–H and O–H groups in total. The summed E-state index contributed by atoms with van der Waals surface area (Å²) in [5, 5.41) is 10.4. The summed E-state index contributed by atoms with van der Waals surface area (Å²) in [6.45, 7) is 3.98. The summed E-state index contributed by atoms with van der Waals surface area (Å²) in [6.07, 6.45) is 2.13. The number of aromatic nitrogens is 1. The van der Waals surface area contributed by atoms with Crippen LogP contribution < -0.4 is 5.73 Å². The number of hydrogen-bond acceptors (Lipinski definition) is 4. The lowest BCUT2D eigenvalue weighted by Gasteiger charge is -2.17. The van der Waals surface area contributed by atoms with Gasteiger partial charge in [0.15, 0.2) is 0 Å². The van der Waals surface area contributed by atoms with Crippen LogP contribution >= 0.6 is 0 Å². The maximum atomic E-state index is 10.4. The molecule has 0 bridgehead atoms. The molecule has 0 amide bonds. The van der Waals surface area contributed by atoms with Gasteiger partial charge in [0.1, 0.15) is 6.20 Å². The summed E-state index contributed by atoms with van der Waals surface area (Å²) in [4.78, 5) is 14.0. The molecule has 1 heterocycles. The lowest BCUT2D eigenvalue weighted by atomic mass is 9.96. The third-order valence-electron chi connectivity index (χ3n) is 2.56. The van der Waals surface area contributed by atoms with Crippen molar-refractivity contribution in [1.29, 1.82) is 0 Å². The average molecular weight is 209 g/mol. The van der Waals surface area contributed by atoms with Gasteiger partial charge in [-0.15, -0.1) is 0 Å². The van der Waals surface area contributed by atoms with E-state index in [2.05, 4.69) is 4.98 Å². The maximum Gasteiger partial charge on any atom is 0.287 e. The van der Waals surface area contributed by atoms with Gasteiger partial charge in [-0.2, -0.15) is 0 Å². The van der Waals surface area contributed by atoms with E-state index < -0.39 is 4.92 Å². The van der Waals surface area contributed by atoms with Gasteiger partial charge in [-0.3, -0.25) is 15.1 Å². The number of rotatable bonds is 4. The highest BCUT2D eigenvalue weighted by atomic mass is 16.6. The van der Waals surface area contributed by atoms with Crippen molar-refractivity contribution in [3.05, 3.63) is 34.1 Å². The van der Waals surface area contributed by atoms with Crippen LogP contribution in [0.1, 0.15) is 31.9 Å². The normalized spacial score (nSPS) is 14.6. The summed E-state index contributed by atoms with van der Waals surface area (Å²) in [7, 11) is 0. The lowest BCUT2D eigenvalue weighted by molar-refractivity contribution is -0.385. The SMILES string of the molecule is CCC(N)C(C)c1ccc([N+](=O)[O-])cn1. The Morgan fingerprint density at radius 3 is 2.67 bits per heavy atom. The monoisotopic (exact) mass is 209 g/mol. The van der Waals surface area contributed by atoms with E-state index in [0.717, 1.165) is 12.1 Å². The zero-order valence-corrected chi connectivity index (χ0v) is 8.88. The van der Waals surface area contributed by atoms with Crippen LogP contribution in [-0.4, -0.2) is 15.9 Å². The number of nitro groups is 1. The molecule has 0 fully saturated rings. The molecule has 1 aromatic heterocycles. The van der Waals surface area contributed by atoms with E-state index in [9.17, 15) is 10.1 Å². The minimum Gasteiger partial charge on any atom is -0.327 e. The molecular weight excluding hydrogens is 194 g/mol. The van der Waals surface area contributed by atoms with E-state index in [1.807, 2.05) is 13.8 Å². The first-order valence-electron chi connectivity index (χ1n) is 4.92. The third-order valence-corrected chi connectivity index (χ3v) is 2.56. The molecular formula is C10H15N3O2. The predicted octanol–water partition coefficient (Wildman–Crippen LogP) is 1.83. The van der Waals surface area contributed by atoms with E-state index in [4.69, 9.17) is 5.73 Å². The smallest absolute Gasteiger partial charge is 0.287 e. The van der Waals surface area contributed by atoms with Crippen molar-refractivity contribution in [2.45, 2.75) is 32.2 Å². The zero-order chi connectivity index (χ0) is 11.4. The minimum absolute atomic E-state index is 0.0102. The highest BCUT2D eigenvalue weighted by Crippen LogP contribution is 2.19. The number of nitrogens with zero attached hydrogens (tertiary/aromatic N) is 2. The average Bonchev–Trinajstić information content (AvgIpc) is 2.27. The third kappa shape index (κ3) is 2.73. The second-order valence-electron chi connectivity index (χ2n) is 3.56. The molecule has 1 aromatic rings. The fraction of sp³-hybridized carbons (Fsp3) is 0.500. The van der Waals surface area contributed by atoms with E-state index in [-0.39, 0.29) is 17.6 Å². The first-order chi connectivity index (χ1) is 7.06. The van der Waals surface area contributed by atoms with Gasteiger partial charge in [0.2, 0.25) is 0 Å². The summed E-state index contributed by atoms with van der Waals surface area (Å²) >= 11 is 0.